The summed E-state index contributed by atoms with van der Waals surface area (Å²) in [6, 6.07) is 10.8. The highest BCUT2D eigenvalue weighted by Crippen LogP contribution is 2.62. The third kappa shape index (κ3) is 5.02. The van der Waals surface area contributed by atoms with Crippen molar-refractivity contribution in [1.82, 2.24) is 9.34 Å². The van der Waals surface area contributed by atoms with Gasteiger partial charge in [-0.15, -0.1) is 0 Å². The normalized spacial score (nSPS) is 26.0. The van der Waals surface area contributed by atoms with Crippen LogP contribution < -0.4 is 0 Å². The van der Waals surface area contributed by atoms with Crippen LogP contribution in [-0.4, -0.2) is 47.6 Å². The molecule has 0 amide bonds. The first-order chi connectivity index (χ1) is 13.8. The maximum atomic E-state index is 13.8. The number of benzene rings is 1. The number of nitrogens with zero attached hydrogens (tertiary/aromatic N) is 2. The molecule has 0 radical (unpaired) electrons. The molecule has 3 atom stereocenters. The number of likely N-dealkylation sites (N-methyl/N-ethyl adjacent to an activating group) is 2. The second-order valence-electron chi connectivity index (χ2n) is 8.63. The maximum Gasteiger partial charge on any atom is 0.306 e. The van der Waals surface area contributed by atoms with Gasteiger partial charge in [0.15, 0.2) is 0 Å². The van der Waals surface area contributed by atoms with E-state index >= 15 is 0 Å². The largest absolute Gasteiger partial charge is 0.463 e. The van der Waals surface area contributed by atoms with Crippen molar-refractivity contribution >= 4 is 13.4 Å². The van der Waals surface area contributed by atoms with Crippen LogP contribution in [-0.2, 0) is 14.1 Å². The molecule has 1 saturated carbocycles. The number of ether oxygens (including phenoxy) is 1. The number of hydrogen-bond acceptors (Lipinski definition) is 3. The molecular weight excluding hydrogens is 383 g/mol. The summed E-state index contributed by atoms with van der Waals surface area (Å²) in [7, 11) is 1.32. The molecule has 1 aromatic rings. The first-order valence-corrected chi connectivity index (χ1v) is 12.5. The zero-order valence-corrected chi connectivity index (χ0v) is 19.1. The fourth-order valence-corrected chi connectivity index (χ4v) is 7.41. The van der Waals surface area contributed by atoms with Gasteiger partial charge in [-0.05, 0) is 58.7 Å². The smallest absolute Gasteiger partial charge is 0.306 e. The van der Waals surface area contributed by atoms with Gasteiger partial charge in [0, 0.05) is 17.9 Å². The van der Waals surface area contributed by atoms with E-state index in [-0.39, 0.29) is 18.0 Å². The van der Waals surface area contributed by atoms with E-state index in [0.29, 0.717) is 24.9 Å². The lowest BCUT2D eigenvalue weighted by Gasteiger charge is -2.28. The van der Waals surface area contributed by atoms with E-state index in [1.165, 1.54) is 12.8 Å². The summed E-state index contributed by atoms with van der Waals surface area (Å²) in [6.07, 6.45) is 7.58. The fraction of sp³-hybridized carbons (Fsp3) is 0.609. The molecular formula is C23H35N2O3P. The Balaban J connectivity index is 1.73. The van der Waals surface area contributed by atoms with E-state index in [0.717, 1.165) is 18.4 Å². The van der Waals surface area contributed by atoms with Crippen LogP contribution in [0.25, 0.3) is 0 Å². The zero-order valence-electron chi connectivity index (χ0n) is 18.2. The third-order valence-electron chi connectivity index (χ3n) is 6.33. The van der Waals surface area contributed by atoms with Gasteiger partial charge in [0.2, 0.25) is 7.44 Å². The Hall–Kier alpha value is -1.42. The Bertz CT molecular complexity index is 743. The molecule has 0 aromatic heterocycles. The Morgan fingerprint density at radius 2 is 1.72 bits per heavy atom. The molecule has 0 unspecified atom stereocenters. The lowest BCUT2D eigenvalue weighted by atomic mass is 9.91. The molecule has 0 spiro atoms. The van der Waals surface area contributed by atoms with E-state index < -0.39 is 7.44 Å². The van der Waals surface area contributed by atoms with E-state index in [1.807, 2.05) is 70.2 Å². The number of fused-ring (bicyclic) bond motifs is 1. The van der Waals surface area contributed by atoms with Gasteiger partial charge in [-0.1, -0.05) is 49.2 Å². The van der Waals surface area contributed by atoms with Crippen molar-refractivity contribution in [1.29, 1.82) is 0 Å². The van der Waals surface area contributed by atoms with Crippen LogP contribution in [0.15, 0.2) is 42.2 Å². The lowest BCUT2D eigenvalue weighted by molar-refractivity contribution is -0.147. The van der Waals surface area contributed by atoms with Gasteiger partial charge in [-0.3, -0.25) is 9.36 Å². The van der Waals surface area contributed by atoms with Crippen LogP contribution in [0.5, 0.6) is 0 Å². The second kappa shape index (κ2) is 9.59. The molecule has 0 bridgehead atoms. The van der Waals surface area contributed by atoms with Crippen molar-refractivity contribution in [3.05, 3.63) is 47.8 Å². The number of carbonyl (C=O) groups excluding carboxylic acids is 1. The van der Waals surface area contributed by atoms with Crippen LogP contribution in [0.2, 0.25) is 0 Å². The third-order valence-corrected chi connectivity index (χ3v) is 9.33. The molecule has 6 heteroatoms. The molecule has 1 saturated heterocycles. The highest BCUT2D eigenvalue weighted by atomic mass is 31.2. The lowest BCUT2D eigenvalue weighted by Crippen LogP contribution is -2.37. The molecule has 29 heavy (non-hydrogen) atoms. The molecule has 3 rings (SSSR count). The number of allylic oxidation sites excluding steroid dienone is 1. The number of carbonyl (C=O) groups is 1. The summed E-state index contributed by atoms with van der Waals surface area (Å²) in [5.74, 6) is 1.75. The van der Waals surface area contributed by atoms with Crippen molar-refractivity contribution < 1.29 is 14.1 Å². The standard InChI is InChI=1S/C23H35N2O3P/c1-18(2)28-23(26)17-20(19-11-6-5-7-12-19)13-10-16-29(27)24(3)21-14-8-9-15-22(21)25(29)4/h5-7,10-12,16,18,20-22H,8-9,13-15,17H2,1-4H3/b16-10+/t20-,21+,22+/m0/s1. The highest BCUT2D eigenvalue weighted by molar-refractivity contribution is 7.62. The van der Waals surface area contributed by atoms with Gasteiger partial charge in [0.1, 0.15) is 0 Å². The Labute approximate surface area is 175 Å². The van der Waals surface area contributed by atoms with Crippen molar-refractivity contribution in [3.63, 3.8) is 0 Å². The SMILES string of the molecule is CC(C)OC(=O)C[C@H](C/C=C/P1(=O)N(C)[C@@H]2CCCC[C@H]2N1C)c1ccccc1. The van der Waals surface area contributed by atoms with E-state index in [9.17, 15) is 9.36 Å². The summed E-state index contributed by atoms with van der Waals surface area (Å²) in [5, 5.41) is 0. The molecule has 1 aromatic carbocycles. The summed E-state index contributed by atoms with van der Waals surface area (Å²) >= 11 is 0. The molecule has 1 aliphatic carbocycles. The minimum absolute atomic E-state index is 0.0193. The molecule has 160 valence electrons. The molecule has 1 heterocycles. The molecule has 1 aliphatic heterocycles. The molecule has 2 fully saturated rings. The Kier molecular flexibility index (Phi) is 7.37. The van der Waals surface area contributed by atoms with Gasteiger partial charge in [-0.2, -0.15) is 0 Å². The van der Waals surface area contributed by atoms with E-state index in [2.05, 4.69) is 9.34 Å². The zero-order chi connectivity index (χ0) is 21.0. The van der Waals surface area contributed by atoms with Crippen molar-refractivity contribution in [2.45, 2.75) is 76.5 Å². The summed E-state index contributed by atoms with van der Waals surface area (Å²) < 4.78 is 23.4. The monoisotopic (exact) mass is 418 g/mol. The predicted molar refractivity (Wildman–Crippen MR) is 118 cm³/mol. The first kappa shape index (κ1) is 22.3. The van der Waals surface area contributed by atoms with Crippen molar-refractivity contribution in [3.8, 4) is 0 Å². The van der Waals surface area contributed by atoms with Gasteiger partial charge in [0.05, 0.1) is 12.5 Å². The van der Waals surface area contributed by atoms with Crippen molar-refractivity contribution in [2.24, 2.45) is 0 Å². The summed E-state index contributed by atoms with van der Waals surface area (Å²) in [4.78, 5) is 12.3. The quantitative estimate of drug-likeness (QED) is 0.438. The number of rotatable bonds is 7. The van der Waals surface area contributed by atoms with Crippen LogP contribution in [0.4, 0.5) is 0 Å². The minimum atomic E-state index is -2.69. The maximum absolute atomic E-state index is 13.8. The van der Waals surface area contributed by atoms with Gasteiger partial charge in [-0.25, -0.2) is 9.34 Å². The van der Waals surface area contributed by atoms with Crippen LogP contribution in [0.3, 0.4) is 0 Å². The number of esters is 1. The second-order valence-corrected chi connectivity index (χ2v) is 11.4. The van der Waals surface area contributed by atoms with Crippen LogP contribution in [0, 0.1) is 0 Å². The van der Waals surface area contributed by atoms with Crippen LogP contribution >= 0.6 is 7.44 Å². The molecule has 0 N–H and O–H groups in total. The fourth-order valence-electron chi connectivity index (χ4n) is 4.76. The average molecular weight is 419 g/mol. The Morgan fingerprint density at radius 1 is 1.14 bits per heavy atom. The van der Waals surface area contributed by atoms with Crippen molar-refractivity contribution in [2.75, 3.05) is 14.1 Å². The van der Waals surface area contributed by atoms with Gasteiger partial charge < -0.3 is 4.74 Å². The molecule has 2 aliphatic rings. The van der Waals surface area contributed by atoms with E-state index in [1.54, 1.807) is 0 Å². The first-order valence-electron chi connectivity index (χ1n) is 10.8. The predicted octanol–water partition coefficient (Wildman–Crippen LogP) is 5.40. The average Bonchev–Trinajstić information content (AvgIpc) is 2.89. The van der Waals surface area contributed by atoms with Gasteiger partial charge in [0.25, 0.3) is 0 Å². The highest BCUT2D eigenvalue weighted by Gasteiger charge is 2.50. The Morgan fingerprint density at radius 3 is 2.28 bits per heavy atom. The molecule has 5 nitrogen and oxygen atoms in total. The minimum Gasteiger partial charge on any atom is -0.463 e. The summed E-state index contributed by atoms with van der Waals surface area (Å²) in [5.41, 5.74) is 1.11. The topological polar surface area (TPSA) is 49.9 Å². The van der Waals surface area contributed by atoms with E-state index in [4.69, 9.17) is 4.74 Å². The number of hydrogen-bond donors (Lipinski definition) is 0. The van der Waals surface area contributed by atoms with Gasteiger partial charge >= 0.3 is 5.97 Å². The van der Waals surface area contributed by atoms with Crippen LogP contribution in [0.1, 0.15) is 63.9 Å². The summed E-state index contributed by atoms with van der Waals surface area (Å²) in [6.45, 7) is 3.73.